The summed E-state index contributed by atoms with van der Waals surface area (Å²) in [5.74, 6) is 0.191. The summed E-state index contributed by atoms with van der Waals surface area (Å²) in [7, 11) is 0. The molecule has 2 aromatic rings. The molecule has 0 unspecified atom stereocenters. The van der Waals surface area contributed by atoms with Crippen molar-refractivity contribution in [2.75, 3.05) is 17.2 Å². The van der Waals surface area contributed by atoms with Crippen LogP contribution in [0.25, 0.3) is 0 Å². The van der Waals surface area contributed by atoms with Gasteiger partial charge in [0.2, 0.25) is 0 Å². The zero-order valence-electron chi connectivity index (χ0n) is 11.1. The van der Waals surface area contributed by atoms with Crippen molar-refractivity contribution >= 4 is 33.3 Å². The van der Waals surface area contributed by atoms with Crippen LogP contribution < -0.4 is 10.6 Å². The third kappa shape index (κ3) is 3.77. The first-order valence-corrected chi connectivity index (χ1v) is 7.12. The number of anilines is 2. The van der Waals surface area contributed by atoms with Crippen LogP contribution >= 0.6 is 15.9 Å². The van der Waals surface area contributed by atoms with E-state index in [0.29, 0.717) is 11.5 Å². The summed E-state index contributed by atoms with van der Waals surface area (Å²) in [6, 6.07) is 7.16. The van der Waals surface area contributed by atoms with Crippen LogP contribution in [-0.2, 0) is 0 Å². The molecule has 0 atom stereocenters. The van der Waals surface area contributed by atoms with Crippen LogP contribution in [0, 0.1) is 0 Å². The number of rotatable bonds is 5. The Kier molecular flexibility index (Phi) is 5.06. The largest absolute Gasteiger partial charge is 0.385 e. The first-order chi connectivity index (χ1) is 9.70. The maximum absolute atomic E-state index is 12.1. The summed E-state index contributed by atoms with van der Waals surface area (Å²) < 4.78 is 0.730. The number of nitrogens with zero attached hydrogens (tertiary/aromatic N) is 2. The zero-order chi connectivity index (χ0) is 14.4. The molecular formula is C14H15BrN4O. The monoisotopic (exact) mass is 334 g/mol. The van der Waals surface area contributed by atoms with E-state index in [9.17, 15) is 4.79 Å². The van der Waals surface area contributed by atoms with E-state index in [-0.39, 0.29) is 5.91 Å². The molecule has 0 radical (unpaired) electrons. The van der Waals surface area contributed by atoms with Gasteiger partial charge in [0, 0.05) is 24.6 Å². The number of carbonyl (C=O) groups excluding carboxylic acids is 1. The second kappa shape index (κ2) is 7.00. The molecule has 104 valence electrons. The highest BCUT2D eigenvalue weighted by atomic mass is 79.9. The molecular weight excluding hydrogens is 320 g/mol. The van der Waals surface area contributed by atoms with E-state index in [1.165, 1.54) is 0 Å². The summed E-state index contributed by atoms with van der Waals surface area (Å²) >= 11 is 3.34. The average molecular weight is 335 g/mol. The Balaban J connectivity index is 2.11. The van der Waals surface area contributed by atoms with Gasteiger partial charge in [-0.3, -0.25) is 9.78 Å². The highest BCUT2D eigenvalue weighted by molar-refractivity contribution is 9.10. The van der Waals surface area contributed by atoms with Gasteiger partial charge in [0.05, 0.1) is 4.47 Å². The Morgan fingerprint density at radius 3 is 2.90 bits per heavy atom. The summed E-state index contributed by atoms with van der Waals surface area (Å²) in [5.41, 5.74) is 1.23. The summed E-state index contributed by atoms with van der Waals surface area (Å²) in [4.78, 5) is 20.3. The molecule has 0 spiro atoms. The van der Waals surface area contributed by atoms with Crippen molar-refractivity contribution in [2.45, 2.75) is 13.3 Å². The molecule has 2 aromatic heterocycles. The average Bonchev–Trinajstić information content (AvgIpc) is 2.48. The van der Waals surface area contributed by atoms with E-state index in [1.807, 2.05) is 12.1 Å². The number of nitrogens with one attached hydrogen (secondary N) is 2. The first-order valence-electron chi connectivity index (χ1n) is 6.32. The quantitative estimate of drug-likeness (QED) is 0.880. The van der Waals surface area contributed by atoms with E-state index in [0.717, 1.165) is 23.1 Å². The van der Waals surface area contributed by atoms with Crippen LogP contribution in [-0.4, -0.2) is 22.4 Å². The van der Waals surface area contributed by atoms with Gasteiger partial charge < -0.3 is 10.6 Å². The SMILES string of the molecule is CCCNc1ccnc(C(=O)Nc2ncccc2Br)c1. The van der Waals surface area contributed by atoms with Crippen LogP contribution in [0.5, 0.6) is 0 Å². The predicted octanol–water partition coefficient (Wildman–Crippen LogP) is 3.31. The van der Waals surface area contributed by atoms with Crippen molar-refractivity contribution in [3.05, 3.63) is 46.8 Å². The molecule has 2 heterocycles. The fourth-order valence-electron chi connectivity index (χ4n) is 1.58. The van der Waals surface area contributed by atoms with Gasteiger partial charge in [-0.1, -0.05) is 6.92 Å². The molecule has 0 bridgehead atoms. The Hall–Kier alpha value is -1.95. The molecule has 0 aromatic carbocycles. The van der Waals surface area contributed by atoms with E-state index >= 15 is 0 Å². The van der Waals surface area contributed by atoms with Crippen molar-refractivity contribution in [1.29, 1.82) is 0 Å². The first kappa shape index (κ1) is 14.5. The van der Waals surface area contributed by atoms with Gasteiger partial charge in [0.1, 0.15) is 11.5 Å². The fraction of sp³-hybridized carbons (Fsp3) is 0.214. The van der Waals surface area contributed by atoms with Crippen LogP contribution in [0.2, 0.25) is 0 Å². The number of hydrogen-bond acceptors (Lipinski definition) is 4. The van der Waals surface area contributed by atoms with Gasteiger partial charge in [0.15, 0.2) is 0 Å². The smallest absolute Gasteiger partial charge is 0.275 e. The number of aromatic nitrogens is 2. The highest BCUT2D eigenvalue weighted by Gasteiger charge is 2.10. The lowest BCUT2D eigenvalue weighted by Crippen LogP contribution is -2.15. The molecule has 2 rings (SSSR count). The van der Waals surface area contributed by atoms with E-state index in [2.05, 4.69) is 43.5 Å². The number of carbonyl (C=O) groups is 1. The topological polar surface area (TPSA) is 66.9 Å². The molecule has 20 heavy (non-hydrogen) atoms. The van der Waals surface area contributed by atoms with Crippen LogP contribution in [0.4, 0.5) is 11.5 Å². The van der Waals surface area contributed by atoms with Gasteiger partial charge in [0.25, 0.3) is 5.91 Å². The number of hydrogen-bond donors (Lipinski definition) is 2. The lowest BCUT2D eigenvalue weighted by atomic mass is 10.3. The number of amides is 1. The molecule has 0 aliphatic rings. The summed E-state index contributed by atoms with van der Waals surface area (Å²) in [5, 5.41) is 5.94. The Morgan fingerprint density at radius 1 is 1.30 bits per heavy atom. The van der Waals surface area contributed by atoms with E-state index in [4.69, 9.17) is 0 Å². The van der Waals surface area contributed by atoms with Gasteiger partial charge >= 0.3 is 0 Å². The standard InChI is InChI=1S/C14H15BrN4O/c1-2-6-16-10-5-8-17-12(9-10)14(20)19-13-11(15)4-3-7-18-13/h3-5,7-9H,2,6H2,1H3,(H,16,17)(H,18,19,20). The minimum atomic E-state index is -0.287. The van der Waals surface area contributed by atoms with Crippen molar-refractivity contribution < 1.29 is 4.79 Å². The van der Waals surface area contributed by atoms with Crippen LogP contribution in [0.3, 0.4) is 0 Å². The van der Waals surface area contributed by atoms with E-state index < -0.39 is 0 Å². The normalized spacial score (nSPS) is 10.1. The van der Waals surface area contributed by atoms with Crippen molar-refractivity contribution in [1.82, 2.24) is 9.97 Å². The van der Waals surface area contributed by atoms with Crippen molar-refractivity contribution in [2.24, 2.45) is 0 Å². The number of pyridine rings is 2. The highest BCUT2D eigenvalue weighted by Crippen LogP contribution is 2.19. The second-order valence-electron chi connectivity index (χ2n) is 4.14. The zero-order valence-corrected chi connectivity index (χ0v) is 12.6. The molecule has 1 amide bonds. The molecule has 0 aliphatic heterocycles. The maximum atomic E-state index is 12.1. The lowest BCUT2D eigenvalue weighted by molar-refractivity contribution is 0.102. The van der Waals surface area contributed by atoms with Gasteiger partial charge in [-0.05, 0) is 46.6 Å². The minimum absolute atomic E-state index is 0.287. The fourth-order valence-corrected chi connectivity index (χ4v) is 1.94. The Morgan fingerprint density at radius 2 is 2.15 bits per heavy atom. The van der Waals surface area contributed by atoms with Gasteiger partial charge in [-0.15, -0.1) is 0 Å². The molecule has 0 saturated carbocycles. The molecule has 0 fully saturated rings. The third-order valence-corrected chi connectivity index (χ3v) is 3.20. The maximum Gasteiger partial charge on any atom is 0.275 e. The molecule has 5 nitrogen and oxygen atoms in total. The van der Waals surface area contributed by atoms with Crippen molar-refractivity contribution in [3.8, 4) is 0 Å². The minimum Gasteiger partial charge on any atom is -0.385 e. The predicted molar refractivity (Wildman–Crippen MR) is 82.9 cm³/mol. The molecule has 0 aliphatic carbocycles. The Bertz CT molecular complexity index is 603. The third-order valence-electron chi connectivity index (χ3n) is 2.56. The van der Waals surface area contributed by atoms with Gasteiger partial charge in [-0.2, -0.15) is 0 Å². The van der Waals surface area contributed by atoms with Crippen LogP contribution in [0.15, 0.2) is 41.1 Å². The summed E-state index contributed by atoms with van der Waals surface area (Å²) in [6.45, 7) is 2.94. The number of halogens is 1. The van der Waals surface area contributed by atoms with Crippen molar-refractivity contribution in [3.63, 3.8) is 0 Å². The molecule has 6 heteroatoms. The molecule has 0 saturated heterocycles. The van der Waals surface area contributed by atoms with E-state index in [1.54, 1.807) is 24.5 Å². The summed E-state index contributed by atoms with van der Waals surface area (Å²) in [6.07, 6.45) is 4.25. The van der Waals surface area contributed by atoms with Gasteiger partial charge in [-0.25, -0.2) is 4.98 Å². The van der Waals surface area contributed by atoms with Crippen LogP contribution in [0.1, 0.15) is 23.8 Å². The second-order valence-corrected chi connectivity index (χ2v) is 5.00. The Labute approximate surface area is 126 Å². The lowest BCUT2D eigenvalue weighted by Gasteiger charge is -2.08. The molecule has 2 N–H and O–H groups in total.